The molecular weight excluding hydrogens is 478 g/mol. The molecule has 9 nitrogen and oxygen atoms in total. The minimum absolute atomic E-state index is 0.172. The standard InChI is InChI=1S/C23H24ClN5O4S/c1-34(31,32)28-12-10-27(11-13-28)19-15-26-29(18-6-2-5-17(24)14-18)23(30)22(19)33-20-8-7-16-4-3-9-25-21(16)20/h2-6,9,14-15,20H,7-8,10-13H2,1H3. The summed E-state index contributed by atoms with van der Waals surface area (Å²) in [6.07, 6.45) is 5.71. The van der Waals surface area contributed by atoms with Crippen LogP contribution in [0.15, 0.2) is 53.6 Å². The van der Waals surface area contributed by atoms with Gasteiger partial charge in [-0.3, -0.25) is 9.78 Å². The number of pyridine rings is 1. The summed E-state index contributed by atoms with van der Waals surface area (Å²) < 4.78 is 32.9. The normalized spacial score (nSPS) is 18.6. The Hall–Kier alpha value is -2.95. The highest BCUT2D eigenvalue weighted by molar-refractivity contribution is 7.88. The van der Waals surface area contributed by atoms with Crippen molar-refractivity contribution in [3.8, 4) is 11.4 Å². The molecule has 1 fully saturated rings. The summed E-state index contributed by atoms with van der Waals surface area (Å²) >= 11 is 6.14. The van der Waals surface area contributed by atoms with Crippen molar-refractivity contribution >= 4 is 27.3 Å². The van der Waals surface area contributed by atoms with Crippen LogP contribution in [-0.2, 0) is 16.4 Å². The second-order valence-electron chi connectivity index (χ2n) is 8.40. The van der Waals surface area contributed by atoms with Gasteiger partial charge in [0.25, 0.3) is 0 Å². The van der Waals surface area contributed by atoms with Crippen LogP contribution in [0.25, 0.3) is 5.69 Å². The van der Waals surface area contributed by atoms with Crippen LogP contribution in [0.4, 0.5) is 5.69 Å². The van der Waals surface area contributed by atoms with E-state index in [2.05, 4.69) is 10.1 Å². The number of hydrogen-bond donors (Lipinski definition) is 0. The molecule has 1 atom stereocenters. The van der Waals surface area contributed by atoms with E-state index in [4.69, 9.17) is 16.3 Å². The summed E-state index contributed by atoms with van der Waals surface area (Å²) in [5.41, 5.74) is 2.61. The van der Waals surface area contributed by atoms with E-state index in [0.29, 0.717) is 49.0 Å². The van der Waals surface area contributed by atoms with Gasteiger partial charge < -0.3 is 9.64 Å². The summed E-state index contributed by atoms with van der Waals surface area (Å²) in [6.45, 7) is 1.49. The number of aryl methyl sites for hydroxylation is 1. The SMILES string of the molecule is CS(=O)(=O)N1CCN(c2cnn(-c3cccc(Cl)c3)c(=O)c2OC2CCc3cccnc32)CC1. The average molecular weight is 502 g/mol. The second-order valence-corrected chi connectivity index (χ2v) is 10.8. The third kappa shape index (κ3) is 4.40. The molecule has 2 aromatic heterocycles. The highest BCUT2D eigenvalue weighted by atomic mass is 35.5. The molecule has 178 valence electrons. The van der Waals surface area contributed by atoms with Crippen LogP contribution in [0.3, 0.4) is 0 Å². The van der Waals surface area contributed by atoms with Crippen molar-refractivity contribution in [3.63, 3.8) is 0 Å². The van der Waals surface area contributed by atoms with Crippen LogP contribution in [-0.4, -0.2) is 59.9 Å². The van der Waals surface area contributed by atoms with E-state index in [1.54, 1.807) is 36.7 Å². The molecular formula is C23H24ClN5O4S. The number of nitrogens with zero attached hydrogens (tertiary/aromatic N) is 5. The van der Waals surface area contributed by atoms with E-state index >= 15 is 0 Å². The molecule has 2 aliphatic rings. The molecule has 0 amide bonds. The number of sulfonamides is 1. The van der Waals surface area contributed by atoms with Crippen molar-refractivity contribution in [2.75, 3.05) is 37.3 Å². The van der Waals surface area contributed by atoms with Gasteiger partial charge in [-0.05, 0) is 42.7 Å². The molecule has 0 saturated carbocycles. The fourth-order valence-corrected chi connectivity index (χ4v) is 5.46. The van der Waals surface area contributed by atoms with Gasteiger partial charge in [-0.15, -0.1) is 0 Å². The number of benzene rings is 1. The molecule has 34 heavy (non-hydrogen) atoms. The summed E-state index contributed by atoms with van der Waals surface area (Å²) in [4.78, 5) is 20.1. The first-order chi connectivity index (χ1) is 16.3. The molecule has 0 N–H and O–H groups in total. The summed E-state index contributed by atoms with van der Waals surface area (Å²) in [7, 11) is -3.28. The monoisotopic (exact) mass is 501 g/mol. The molecule has 5 rings (SSSR count). The van der Waals surface area contributed by atoms with Crippen LogP contribution < -0.4 is 15.2 Å². The lowest BCUT2D eigenvalue weighted by atomic mass is 10.2. The number of hydrogen-bond acceptors (Lipinski definition) is 7. The van der Waals surface area contributed by atoms with Crippen molar-refractivity contribution < 1.29 is 13.2 Å². The zero-order valence-electron chi connectivity index (χ0n) is 18.6. The largest absolute Gasteiger partial charge is 0.476 e. The highest BCUT2D eigenvalue weighted by Gasteiger charge is 2.31. The maximum absolute atomic E-state index is 13.6. The average Bonchev–Trinajstić information content (AvgIpc) is 3.23. The quantitative estimate of drug-likeness (QED) is 0.529. The van der Waals surface area contributed by atoms with Crippen LogP contribution in [0.1, 0.15) is 23.8 Å². The predicted octanol–water partition coefficient (Wildman–Crippen LogP) is 2.43. The third-order valence-electron chi connectivity index (χ3n) is 6.18. The van der Waals surface area contributed by atoms with Crippen molar-refractivity contribution in [1.82, 2.24) is 19.1 Å². The Bertz CT molecular complexity index is 1390. The topological polar surface area (TPSA) is 97.6 Å². The smallest absolute Gasteiger partial charge is 0.316 e. The number of ether oxygens (including phenoxy) is 1. The zero-order chi connectivity index (χ0) is 23.9. The summed E-state index contributed by atoms with van der Waals surface area (Å²) in [6, 6.07) is 10.8. The molecule has 1 saturated heterocycles. The van der Waals surface area contributed by atoms with E-state index < -0.39 is 15.6 Å². The number of aromatic nitrogens is 3. The first kappa shape index (κ1) is 22.8. The number of fused-ring (bicyclic) bond motifs is 1. The van der Waals surface area contributed by atoms with Crippen molar-refractivity contribution in [2.24, 2.45) is 0 Å². The van der Waals surface area contributed by atoms with Gasteiger partial charge in [-0.2, -0.15) is 14.1 Å². The van der Waals surface area contributed by atoms with Gasteiger partial charge in [-0.1, -0.05) is 23.7 Å². The molecule has 1 aliphatic carbocycles. The zero-order valence-corrected chi connectivity index (χ0v) is 20.2. The first-order valence-corrected chi connectivity index (χ1v) is 13.2. The van der Waals surface area contributed by atoms with Crippen LogP contribution in [0, 0.1) is 0 Å². The number of halogens is 1. The number of anilines is 1. The van der Waals surface area contributed by atoms with Gasteiger partial charge in [0.1, 0.15) is 11.8 Å². The van der Waals surface area contributed by atoms with Crippen molar-refractivity contribution in [3.05, 3.63) is 75.4 Å². The van der Waals surface area contributed by atoms with Gasteiger partial charge in [-0.25, -0.2) is 8.42 Å². The van der Waals surface area contributed by atoms with Crippen molar-refractivity contribution in [1.29, 1.82) is 0 Å². The Morgan fingerprint density at radius 3 is 2.65 bits per heavy atom. The minimum atomic E-state index is -3.28. The lowest BCUT2D eigenvalue weighted by molar-refractivity contribution is 0.199. The Morgan fingerprint density at radius 2 is 1.91 bits per heavy atom. The molecule has 0 radical (unpaired) electrons. The van der Waals surface area contributed by atoms with Crippen LogP contribution >= 0.6 is 11.6 Å². The van der Waals surface area contributed by atoms with Gasteiger partial charge >= 0.3 is 5.56 Å². The molecule has 1 aromatic carbocycles. The molecule has 3 heterocycles. The lowest BCUT2D eigenvalue weighted by Gasteiger charge is -2.35. The van der Waals surface area contributed by atoms with E-state index in [1.807, 2.05) is 17.0 Å². The number of rotatable bonds is 5. The van der Waals surface area contributed by atoms with E-state index in [9.17, 15) is 13.2 Å². The maximum atomic E-state index is 13.6. The predicted molar refractivity (Wildman–Crippen MR) is 129 cm³/mol. The Labute approximate surface area is 202 Å². The fourth-order valence-electron chi connectivity index (χ4n) is 4.45. The molecule has 11 heteroatoms. The molecule has 3 aromatic rings. The summed E-state index contributed by atoms with van der Waals surface area (Å²) in [5.74, 6) is 0.172. The summed E-state index contributed by atoms with van der Waals surface area (Å²) in [5, 5.41) is 4.88. The molecule has 1 aliphatic heterocycles. The first-order valence-electron chi connectivity index (χ1n) is 11.0. The lowest BCUT2D eigenvalue weighted by Crippen LogP contribution is -2.48. The van der Waals surface area contributed by atoms with Gasteiger partial charge in [0.15, 0.2) is 0 Å². The van der Waals surface area contributed by atoms with Crippen LogP contribution in [0.2, 0.25) is 5.02 Å². The van der Waals surface area contributed by atoms with E-state index in [-0.39, 0.29) is 11.9 Å². The van der Waals surface area contributed by atoms with Gasteiger partial charge in [0.2, 0.25) is 15.8 Å². The third-order valence-corrected chi connectivity index (χ3v) is 7.72. The molecule has 0 bridgehead atoms. The highest BCUT2D eigenvalue weighted by Crippen LogP contribution is 2.36. The van der Waals surface area contributed by atoms with Gasteiger partial charge in [0, 0.05) is 37.4 Å². The molecule has 0 spiro atoms. The second kappa shape index (κ2) is 9.01. The Morgan fingerprint density at radius 1 is 1.12 bits per heavy atom. The van der Waals surface area contributed by atoms with E-state index in [0.717, 1.165) is 17.7 Å². The minimum Gasteiger partial charge on any atom is -0.476 e. The van der Waals surface area contributed by atoms with Crippen molar-refractivity contribution in [2.45, 2.75) is 18.9 Å². The Kier molecular flexibility index (Phi) is 6.05. The fraction of sp³-hybridized carbons (Fsp3) is 0.348. The maximum Gasteiger partial charge on any atom is 0.316 e. The molecule has 1 unspecified atom stereocenters. The Balaban J connectivity index is 1.54. The van der Waals surface area contributed by atoms with Gasteiger partial charge in [0.05, 0.1) is 23.8 Å². The van der Waals surface area contributed by atoms with E-state index in [1.165, 1.54) is 15.2 Å². The van der Waals surface area contributed by atoms with Crippen LogP contribution in [0.5, 0.6) is 5.75 Å². The number of piperazine rings is 1.